The van der Waals surface area contributed by atoms with E-state index in [1.807, 2.05) is 40.9 Å². The Balaban J connectivity index is 1.97. The number of hydrogen-bond acceptors (Lipinski definition) is 3. The number of thiol groups is 1. The number of hydrogen-bond donors (Lipinski definition) is 1. The highest BCUT2D eigenvalue weighted by Gasteiger charge is 2.29. The van der Waals surface area contributed by atoms with Crippen LogP contribution in [0.15, 0.2) is 29.2 Å². The summed E-state index contributed by atoms with van der Waals surface area (Å²) < 4.78 is 0.183. The monoisotopic (exact) mass is 281 g/mol. The Hall–Kier alpha value is -0.610. The summed E-state index contributed by atoms with van der Waals surface area (Å²) in [6, 6.07) is 7.82. The maximum atomic E-state index is 12.2. The Labute approximate surface area is 119 Å². The highest BCUT2D eigenvalue weighted by atomic mass is 32.2. The molecule has 1 saturated heterocycles. The molecule has 18 heavy (non-hydrogen) atoms. The molecule has 1 aliphatic heterocycles. The van der Waals surface area contributed by atoms with Crippen molar-refractivity contribution in [1.29, 1.82) is 0 Å². The molecule has 1 aromatic rings. The highest BCUT2D eigenvalue weighted by Crippen LogP contribution is 2.29. The third-order valence-corrected chi connectivity index (χ3v) is 4.67. The van der Waals surface area contributed by atoms with Crippen molar-refractivity contribution in [2.45, 2.75) is 29.9 Å². The molecular formula is C14H19NOS2. The van der Waals surface area contributed by atoms with Gasteiger partial charge in [0.15, 0.2) is 0 Å². The number of rotatable bonds is 2. The molecule has 0 aromatic heterocycles. The van der Waals surface area contributed by atoms with E-state index in [-0.39, 0.29) is 10.7 Å². The molecule has 98 valence electrons. The van der Waals surface area contributed by atoms with E-state index in [2.05, 4.69) is 26.5 Å². The standard InChI is InChI=1S/C14H19NOS2/c1-14(2)10-15(7-8-18-14)13(16)9-11-3-5-12(17)6-4-11/h3-6,17H,7-10H2,1-2H3. The number of nitrogens with zero attached hydrogens (tertiary/aromatic N) is 1. The SMILES string of the molecule is CC1(C)CN(C(=O)Cc2ccc(S)cc2)CCS1. The molecule has 0 radical (unpaired) electrons. The summed E-state index contributed by atoms with van der Waals surface area (Å²) in [5, 5.41) is 0. The molecule has 1 heterocycles. The van der Waals surface area contributed by atoms with E-state index in [0.717, 1.165) is 29.3 Å². The molecule has 2 rings (SSSR count). The van der Waals surface area contributed by atoms with E-state index >= 15 is 0 Å². The molecule has 0 N–H and O–H groups in total. The van der Waals surface area contributed by atoms with Crippen LogP contribution in [0.25, 0.3) is 0 Å². The molecule has 0 bridgehead atoms. The number of thioether (sulfide) groups is 1. The molecule has 0 saturated carbocycles. The van der Waals surface area contributed by atoms with Gasteiger partial charge in [0.05, 0.1) is 6.42 Å². The number of amides is 1. The summed E-state index contributed by atoms with van der Waals surface area (Å²) in [7, 11) is 0. The zero-order valence-electron chi connectivity index (χ0n) is 10.8. The van der Waals surface area contributed by atoms with Gasteiger partial charge in [0, 0.05) is 28.5 Å². The van der Waals surface area contributed by atoms with Crippen molar-refractivity contribution in [2.75, 3.05) is 18.8 Å². The first-order valence-corrected chi connectivity index (χ1v) is 7.59. The van der Waals surface area contributed by atoms with Crippen LogP contribution in [0.5, 0.6) is 0 Å². The zero-order chi connectivity index (χ0) is 13.2. The topological polar surface area (TPSA) is 20.3 Å². The number of benzene rings is 1. The van der Waals surface area contributed by atoms with Crippen LogP contribution in [0, 0.1) is 0 Å². The predicted octanol–water partition coefficient (Wildman–Crippen LogP) is 2.87. The Morgan fingerprint density at radius 3 is 2.67 bits per heavy atom. The Kier molecular flexibility index (Phi) is 4.28. The third kappa shape index (κ3) is 3.69. The fraction of sp³-hybridized carbons (Fsp3) is 0.500. The third-order valence-electron chi connectivity index (χ3n) is 3.07. The summed E-state index contributed by atoms with van der Waals surface area (Å²) in [5.74, 6) is 1.27. The van der Waals surface area contributed by atoms with Crippen molar-refractivity contribution in [3.05, 3.63) is 29.8 Å². The molecule has 1 amide bonds. The fourth-order valence-corrected chi connectivity index (χ4v) is 3.39. The largest absolute Gasteiger partial charge is 0.340 e. The van der Waals surface area contributed by atoms with E-state index in [1.54, 1.807) is 0 Å². The van der Waals surface area contributed by atoms with Gasteiger partial charge in [-0.15, -0.1) is 12.6 Å². The van der Waals surface area contributed by atoms with Crippen molar-refractivity contribution in [3.8, 4) is 0 Å². The van der Waals surface area contributed by atoms with Crippen LogP contribution in [0.1, 0.15) is 19.4 Å². The average molecular weight is 281 g/mol. The molecule has 1 aliphatic rings. The van der Waals surface area contributed by atoms with Crippen molar-refractivity contribution in [1.82, 2.24) is 4.90 Å². The van der Waals surface area contributed by atoms with Gasteiger partial charge in [0.1, 0.15) is 0 Å². The van der Waals surface area contributed by atoms with Gasteiger partial charge in [-0.05, 0) is 31.5 Å². The summed E-state index contributed by atoms with van der Waals surface area (Å²) in [6.07, 6.45) is 0.495. The highest BCUT2D eigenvalue weighted by molar-refractivity contribution is 8.00. The second-order valence-electron chi connectivity index (χ2n) is 5.27. The summed E-state index contributed by atoms with van der Waals surface area (Å²) >= 11 is 6.19. The lowest BCUT2D eigenvalue weighted by Gasteiger charge is -2.37. The van der Waals surface area contributed by atoms with Gasteiger partial charge in [-0.3, -0.25) is 4.79 Å². The van der Waals surface area contributed by atoms with Crippen molar-refractivity contribution < 1.29 is 4.79 Å². The van der Waals surface area contributed by atoms with E-state index in [0.29, 0.717) is 6.42 Å². The summed E-state index contributed by atoms with van der Waals surface area (Å²) in [6.45, 7) is 6.12. The second-order valence-corrected chi connectivity index (χ2v) is 7.59. The second kappa shape index (κ2) is 5.57. The maximum Gasteiger partial charge on any atom is 0.227 e. The average Bonchev–Trinajstić information content (AvgIpc) is 2.31. The van der Waals surface area contributed by atoms with Crippen LogP contribution in [0.4, 0.5) is 0 Å². The van der Waals surface area contributed by atoms with Gasteiger partial charge in [-0.2, -0.15) is 11.8 Å². The summed E-state index contributed by atoms with van der Waals surface area (Å²) in [4.78, 5) is 15.2. The van der Waals surface area contributed by atoms with E-state index in [4.69, 9.17) is 0 Å². The lowest BCUT2D eigenvalue weighted by molar-refractivity contribution is -0.130. The molecule has 4 heteroatoms. The van der Waals surface area contributed by atoms with Crippen molar-refractivity contribution in [2.24, 2.45) is 0 Å². The first-order valence-electron chi connectivity index (χ1n) is 6.16. The predicted molar refractivity (Wildman–Crippen MR) is 80.5 cm³/mol. The van der Waals surface area contributed by atoms with Crippen LogP contribution in [-0.4, -0.2) is 34.4 Å². The number of carbonyl (C=O) groups is 1. The van der Waals surface area contributed by atoms with Crippen LogP contribution < -0.4 is 0 Å². The smallest absolute Gasteiger partial charge is 0.227 e. The lowest BCUT2D eigenvalue weighted by atomic mass is 10.1. The normalized spacial score (nSPS) is 18.7. The minimum absolute atomic E-state index is 0.183. The van der Waals surface area contributed by atoms with Crippen LogP contribution in [-0.2, 0) is 11.2 Å². The van der Waals surface area contributed by atoms with Gasteiger partial charge < -0.3 is 4.90 Å². The van der Waals surface area contributed by atoms with E-state index in [1.165, 1.54) is 0 Å². The maximum absolute atomic E-state index is 12.2. The van der Waals surface area contributed by atoms with Gasteiger partial charge >= 0.3 is 0 Å². The minimum Gasteiger partial charge on any atom is -0.340 e. The first kappa shape index (κ1) is 13.8. The Morgan fingerprint density at radius 2 is 2.06 bits per heavy atom. The molecule has 0 atom stereocenters. The van der Waals surface area contributed by atoms with Gasteiger partial charge in [-0.1, -0.05) is 12.1 Å². The quantitative estimate of drug-likeness (QED) is 0.841. The summed E-state index contributed by atoms with van der Waals surface area (Å²) in [5.41, 5.74) is 1.06. The van der Waals surface area contributed by atoms with Crippen LogP contribution >= 0.6 is 24.4 Å². The van der Waals surface area contributed by atoms with Crippen molar-refractivity contribution >= 4 is 30.3 Å². The Morgan fingerprint density at radius 1 is 1.39 bits per heavy atom. The van der Waals surface area contributed by atoms with Gasteiger partial charge in [0.25, 0.3) is 0 Å². The van der Waals surface area contributed by atoms with Gasteiger partial charge in [0.2, 0.25) is 5.91 Å². The lowest BCUT2D eigenvalue weighted by Crippen LogP contribution is -2.46. The fourth-order valence-electron chi connectivity index (χ4n) is 2.13. The van der Waals surface area contributed by atoms with Crippen LogP contribution in [0.3, 0.4) is 0 Å². The van der Waals surface area contributed by atoms with E-state index in [9.17, 15) is 4.79 Å². The molecule has 2 nitrogen and oxygen atoms in total. The first-order chi connectivity index (χ1) is 8.46. The van der Waals surface area contributed by atoms with Gasteiger partial charge in [-0.25, -0.2) is 0 Å². The molecule has 0 spiro atoms. The Bertz CT molecular complexity index is 428. The van der Waals surface area contributed by atoms with Crippen molar-refractivity contribution in [3.63, 3.8) is 0 Å². The van der Waals surface area contributed by atoms with Crippen LogP contribution in [0.2, 0.25) is 0 Å². The zero-order valence-corrected chi connectivity index (χ0v) is 12.6. The molecular weight excluding hydrogens is 262 g/mol. The molecule has 0 aliphatic carbocycles. The minimum atomic E-state index is 0.183. The molecule has 0 unspecified atom stereocenters. The molecule has 1 fully saturated rings. The molecule has 1 aromatic carbocycles. The van der Waals surface area contributed by atoms with E-state index < -0.39 is 0 Å². The number of carbonyl (C=O) groups excluding carboxylic acids is 1.